The minimum Gasteiger partial charge on any atom is -0.271 e. The minimum absolute atomic E-state index is 0.218. The van der Waals surface area contributed by atoms with Crippen molar-refractivity contribution in [1.29, 1.82) is 0 Å². The molecule has 0 aliphatic carbocycles. The van der Waals surface area contributed by atoms with E-state index in [9.17, 15) is 0 Å². The van der Waals surface area contributed by atoms with Crippen LogP contribution < -0.4 is 11.3 Å². The molecule has 0 amide bonds. The normalized spacial score (nSPS) is 12.6. The summed E-state index contributed by atoms with van der Waals surface area (Å²) in [5.41, 5.74) is 5.21. The number of aryl methyl sites for hydroxylation is 2. The van der Waals surface area contributed by atoms with Crippen molar-refractivity contribution in [2.24, 2.45) is 5.84 Å². The van der Waals surface area contributed by atoms with E-state index in [-0.39, 0.29) is 6.04 Å². The summed E-state index contributed by atoms with van der Waals surface area (Å²) in [5, 5.41) is 4.48. The van der Waals surface area contributed by atoms with Crippen LogP contribution >= 0.6 is 27.7 Å². The minimum atomic E-state index is 0.218. The molecule has 0 bridgehead atoms. The number of halogens is 1. The molecular weight excluding hydrogens is 348 g/mol. The molecule has 1 aromatic carbocycles. The molecule has 0 saturated carbocycles. The zero-order valence-corrected chi connectivity index (χ0v) is 14.7. The highest BCUT2D eigenvalue weighted by molar-refractivity contribution is 9.10. The van der Waals surface area contributed by atoms with Gasteiger partial charge in [0, 0.05) is 39.8 Å². The Labute approximate surface area is 138 Å². The van der Waals surface area contributed by atoms with Crippen LogP contribution in [0.2, 0.25) is 0 Å². The summed E-state index contributed by atoms with van der Waals surface area (Å²) in [6.45, 7) is 5.02. The number of nitrogens with one attached hydrogen (secondary N) is 1. The lowest BCUT2D eigenvalue weighted by Gasteiger charge is -2.16. The zero-order valence-electron chi connectivity index (χ0n) is 12.3. The first kappa shape index (κ1) is 16.5. The van der Waals surface area contributed by atoms with Gasteiger partial charge in [-0.15, -0.1) is 11.8 Å². The number of rotatable bonds is 7. The van der Waals surface area contributed by atoms with Gasteiger partial charge in [-0.25, -0.2) is 0 Å². The van der Waals surface area contributed by atoms with Crippen molar-refractivity contribution in [3.8, 4) is 0 Å². The first-order valence-electron chi connectivity index (χ1n) is 7.00. The Kier molecular flexibility index (Phi) is 6.29. The number of hydrazine groups is 1. The molecule has 0 radical (unpaired) electrons. The Morgan fingerprint density at radius 1 is 1.43 bits per heavy atom. The van der Waals surface area contributed by atoms with Crippen molar-refractivity contribution >= 4 is 27.7 Å². The molecule has 114 valence electrons. The van der Waals surface area contributed by atoms with Gasteiger partial charge in [0.05, 0.1) is 5.69 Å². The largest absolute Gasteiger partial charge is 0.271 e. The second-order valence-corrected chi connectivity index (χ2v) is 6.94. The van der Waals surface area contributed by atoms with E-state index in [2.05, 4.69) is 51.6 Å². The third-order valence-electron chi connectivity index (χ3n) is 3.22. The molecule has 4 nitrogen and oxygen atoms in total. The van der Waals surface area contributed by atoms with E-state index < -0.39 is 0 Å². The molecule has 1 unspecified atom stereocenters. The highest BCUT2D eigenvalue weighted by Gasteiger charge is 2.12. The molecule has 0 saturated heterocycles. The van der Waals surface area contributed by atoms with Crippen LogP contribution in [0, 0.1) is 6.92 Å². The summed E-state index contributed by atoms with van der Waals surface area (Å²) in [5.74, 6) is 6.63. The smallest absolute Gasteiger partial charge is 0.0596 e. The van der Waals surface area contributed by atoms with E-state index in [0.29, 0.717) is 0 Å². The molecule has 3 N–H and O–H groups in total. The quantitative estimate of drug-likeness (QED) is 0.447. The summed E-state index contributed by atoms with van der Waals surface area (Å²) in [7, 11) is 0. The Hall–Kier alpha value is -0.820. The summed E-state index contributed by atoms with van der Waals surface area (Å²) in [4.78, 5) is 1.24. The van der Waals surface area contributed by atoms with Gasteiger partial charge in [0.25, 0.3) is 0 Å². The van der Waals surface area contributed by atoms with E-state index in [1.54, 1.807) is 11.8 Å². The third kappa shape index (κ3) is 4.85. The fourth-order valence-corrected chi connectivity index (χ4v) is 3.75. The van der Waals surface area contributed by atoms with Gasteiger partial charge in [-0.3, -0.25) is 16.0 Å². The molecule has 2 rings (SSSR count). The topological polar surface area (TPSA) is 55.9 Å². The van der Waals surface area contributed by atoms with E-state index in [4.69, 9.17) is 5.84 Å². The molecule has 1 aromatic heterocycles. The molecule has 0 aliphatic rings. The third-order valence-corrected chi connectivity index (χ3v) is 4.87. The molecule has 21 heavy (non-hydrogen) atoms. The van der Waals surface area contributed by atoms with Crippen LogP contribution in [-0.2, 0) is 13.0 Å². The van der Waals surface area contributed by atoms with Crippen LogP contribution in [0.4, 0.5) is 0 Å². The van der Waals surface area contributed by atoms with Crippen LogP contribution in [0.25, 0.3) is 0 Å². The predicted octanol–water partition coefficient (Wildman–Crippen LogP) is 3.14. The summed E-state index contributed by atoms with van der Waals surface area (Å²) < 4.78 is 3.15. The lowest BCUT2D eigenvalue weighted by Crippen LogP contribution is -2.39. The van der Waals surface area contributed by atoms with Crippen molar-refractivity contribution in [3.63, 3.8) is 0 Å². The van der Waals surface area contributed by atoms with Gasteiger partial charge in [-0.1, -0.05) is 22.0 Å². The number of nitrogens with two attached hydrogens (primary N) is 1. The molecule has 6 heteroatoms. The summed E-state index contributed by atoms with van der Waals surface area (Å²) >= 11 is 5.30. The highest BCUT2D eigenvalue weighted by Crippen LogP contribution is 2.23. The van der Waals surface area contributed by atoms with Crippen LogP contribution in [-0.4, -0.2) is 21.6 Å². The molecular formula is C15H21BrN4S. The SMILES string of the molecule is CCn1nc(C)cc1CC(CSc1cccc(Br)c1)NN. The van der Waals surface area contributed by atoms with Crippen LogP contribution in [0.1, 0.15) is 18.3 Å². The number of hydrogen-bond acceptors (Lipinski definition) is 4. The number of benzene rings is 1. The van der Waals surface area contributed by atoms with E-state index >= 15 is 0 Å². The van der Waals surface area contributed by atoms with Crippen LogP contribution in [0.3, 0.4) is 0 Å². The summed E-state index contributed by atoms with van der Waals surface area (Å²) in [6, 6.07) is 10.7. The Morgan fingerprint density at radius 2 is 2.24 bits per heavy atom. The van der Waals surface area contributed by atoms with Crippen molar-refractivity contribution < 1.29 is 0 Å². The lowest BCUT2D eigenvalue weighted by atomic mass is 10.2. The molecule has 0 spiro atoms. The zero-order chi connectivity index (χ0) is 15.2. The number of thioether (sulfide) groups is 1. The van der Waals surface area contributed by atoms with E-state index in [0.717, 1.165) is 28.9 Å². The lowest BCUT2D eigenvalue weighted by molar-refractivity contribution is 0.534. The monoisotopic (exact) mass is 368 g/mol. The van der Waals surface area contributed by atoms with Gasteiger partial charge in [-0.2, -0.15) is 5.10 Å². The van der Waals surface area contributed by atoms with Gasteiger partial charge in [0.2, 0.25) is 0 Å². The second-order valence-electron chi connectivity index (χ2n) is 4.93. The summed E-state index contributed by atoms with van der Waals surface area (Å²) in [6.07, 6.45) is 0.881. The Morgan fingerprint density at radius 3 is 2.90 bits per heavy atom. The van der Waals surface area contributed by atoms with Crippen molar-refractivity contribution in [2.45, 2.75) is 37.8 Å². The maximum Gasteiger partial charge on any atom is 0.0596 e. The molecule has 1 atom stereocenters. The van der Waals surface area contributed by atoms with E-state index in [1.807, 2.05) is 23.7 Å². The van der Waals surface area contributed by atoms with Gasteiger partial charge in [0.1, 0.15) is 0 Å². The van der Waals surface area contributed by atoms with Crippen LogP contribution in [0.5, 0.6) is 0 Å². The first-order chi connectivity index (χ1) is 10.1. The number of aromatic nitrogens is 2. The molecule has 0 fully saturated rings. The van der Waals surface area contributed by atoms with Gasteiger partial charge in [-0.05, 0) is 38.1 Å². The number of hydrogen-bond donors (Lipinski definition) is 2. The second kappa shape index (κ2) is 7.98. The average Bonchev–Trinajstić information content (AvgIpc) is 2.83. The maximum atomic E-state index is 5.71. The van der Waals surface area contributed by atoms with Gasteiger partial charge >= 0.3 is 0 Å². The molecule has 1 heterocycles. The Balaban J connectivity index is 1.96. The van der Waals surface area contributed by atoms with Crippen molar-refractivity contribution in [1.82, 2.24) is 15.2 Å². The van der Waals surface area contributed by atoms with Crippen LogP contribution in [0.15, 0.2) is 39.7 Å². The molecule has 2 aromatic rings. The van der Waals surface area contributed by atoms with Gasteiger partial charge in [0.15, 0.2) is 0 Å². The van der Waals surface area contributed by atoms with Crippen molar-refractivity contribution in [3.05, 3.63) is 46.2 Å². The standard InChI is InChI=1S/C15H21BrN4S/c1-3-20-14(7-11(2)19-20)9-13(18-17)10-21-15-6-4-5-12(16)8-15/h4-8,13,18H,3,9-10,17H2,1-2H3. The average molecular weight is 369 g/mol. The highest BCUT2D eigenvalue weighted by atomic mass is 79.9. The van der Waals surface area contributed by atoms with Gasteiger partial charge < -0.3 is 0 Å². The molecule has 0 aliphatic heterocycles. The number of nitrogens with zero attached hydrogens (tertiary/aromatic N) is 2. The Bertz CT molecular complexity index is 585. The van der Waals surface area contributed by atoms with E-state index in [1.165, 1.54) is 10.6 Å². The fraction of sp³-hybridized carbons (Fsp3) is 0.400. The first-order valence-corrected chi connectivity index (χ1v) is 8.78. The fourth-order valence-electron chi connectivity index (χ4n) is 2.21. The predicted molar refractivity (Wildman–Crippen MR) is 92.3 cm³/mol. The maximum absolute atomic E-state index is 5.71. The van der Waals surface area contributed by atoms with Crippen molar-refractivity contribution in [2.75, 3.05) is 5.75 Å².